The molecule has 3 atom stereocenters. The standard InChI is InChI=1S/C28H38N4O3/c1-28(2,3)20-11-13-22(14-12-20)32(27(35)24-16-23(33)18-30-24)25(19-8-7-15-29-17-19)26(34)31-21-9-5-4-6-10-21/h7-8,11-15,17,21,23-25,30,33H,4-6,9-10,16,18H2,1-3H3,(H,31,34)/t23-,24+,25?/m0/s1. The zero-order valence-corrected chi connectivity index (χ0v) is 21.0. The summed E-state index contributed by atoms with van der Waals surface area (Å²) in [7, 11) is 0. The van der Waals surface area contributed by atoms with Crippen LogP contribution in [-0.4, -0.2) is 46.6 Å². The normalized spacial score (nSPS) is 21.9. The molecule has 0 bridgehead atoms. The van der Waals surface area contributed by atoms with E-state index in [1.165, 1.54) is 6.42 Å². The largest absolute Gasteiger partial charge is 0.392 e. The first-order chi connectivity index (χ1) is 16.7. The van der Waals surface area contributed by atoms with Gasteiger partial charge in [-0.15, -0.1) is 0 Å². The van der Waals surface area contributed by atoms with Gasteiger partial charge in [0.15, 0.2) is 0 Å². The summed E-state index contributed by atoms with van der Waals surface area (Å²) in [5, 5.41) is 16.4. The SMILES string of the molecule is CC(C)(C)c1ccc(N(C(=O)[C@H]2C[C@H](O)CN2)C(C(=O)NC2CCCCC2)c2cccnc2)cc1. The Hall–Kier alpha value is -2.77. The van der Waals surface area contributed by atoms with Crippen molar-refractivity contribution in [2.24, 2.45) is 0 Å². The third-order valence-electron chi connectivity index (χ3n) is 7.11. The molecule has 1 aliphatic heterocycles. The van der Waals surface area contributed by atoms with Gasteiger partial charge in [0.05, 0.1) is 12.1 Å². The van der Waals surface area contributed by atoms with Crippen molar-refractivity contribution in [1.82, 2.24) is 15.6 Å². The van der Waals surface area contributed by atoms with Crippen molar-refractivity contribution >= 4 is 17.5 Å². The summed E-state index contributed by atoms with van der Waals surface area (Å²) < 4.78 is 0. The molecule has 1 unspecified atom stereocenters. The van der Waals surface area contributed by atoms with E-state index < -0.39 is 18.2 Å². The Balaban J connectivity index is 1.74. The molecule has 2 heterocycles. The molecule has 7 nitrogen and oxygen atoms in total. The summed E-state index contributed by atoms with van der Waals surface area (Å²) >= 11 is 0. The number of β-amino-alcohol motifs (C(OH)–C–C–N with tert-alkyl or cyclic N) is 1. The Labute approximate surface area is 208 Å². The Morgan fingerprint density at radius 3 is 2.40 bits per heavy atom. The summed E-state index contributed by atoms with van der Waals surface area (Å²) in [5.74, 6) is -0.422. The van der Waals surface area contributed by atoms with Crippen LogP contribution in [0.1, 0.15) is 76.5 Å². The van der Waals surface area contributed by atoms with Gasteiger partial charge in [-0.05, 0) is 48.4 Å². The first kappa shape index (κ1) is 25.3. The van der Waals surface area contributed by atoms with Gasteiger partial charge in [-0.3, -0.25) is 19.5 Å². The summed E-state index contributed by atoms with van der Waals surface area (Å²) in [6.07, 6.45) is 8.36. The van der Waals surface area contributed by atoms with Crippen molar-refractivity contribution in [3.05, 3.63) is 59.9 Å². The first-order valence-corrected chi connectivity index (χ1v) is 12.8. The Morgan fingerprint density at radius 2 is 1.83 bits per heavy atom. The fourth-order valence-corrected chi connectivity index (χ4v) is 5.08. The second kappa shape index (κ2) is 10.9. The van der Waals surface area contributed by atoms with Crippen molar-refractivity contribution in [1.29, 1.82) is 0 Å². The second-order valence-electron chi connectivity index (χ2n) is 10.9. The highest BCUT2D eigenvalue weighted by Gasteiger charge is 2.39. The minimum atomic E-state index is -0.863. The van der Waals surface area contributed by atoms with E-state index in [-0.39, 0.29) is 23.3 Å². The van der Waals surface area contributed by atoms with Gasteiger partial charge in [0.2, 0.25) is 11.8 Å². The molecule has 7 heteroatoms. The van der Waals surface area contributed by atoms with Crippen LogP contribution in [0, 0.1) is 0 Å². The fourth-order valence-electron chi connectivity index (χ4n) is 5.08. The van der Waals surface area contributed by atoms with E-state index in [9.17, 15) is 14.7 Å². The first-order valence-electron chi connectivity index (χ1n) is 12.8. The van der Waals surface area contributed by atoms with Gasteiger partial charge in [0.25, 0.3) is 0 Å². The molecule has 1 aliphatic carbocycles. The van der Waals surface area contributed by atoms with Crippen LogP contribution in [0.25, 0.3) is 0 Å². The number of pyridine rings is 1. The van der Waals surface area contributed by atoms with Gasteiger partial charge >= 0.3 is 0 Å². The number of rotatable bonds is 6. The summed E-state index contributed by atoms with van der Waals surface area (Å²) in [5.41, 5.74) is 2.42. The average Bonchev–Trinajstić information content (AvgIpc) is 3.29. The van der Waals surface area contributed by atoms with Crippen molar-refractivity contribution < 1.29 is 14.7 Å². The van der Waals surface area contributed by atoms with Crippen molar-refractivity contribution in [2.75, 3.05) is 11.4 Å². The average molecular weight is 479 g/mol. The van der Waals surface area contributed by atoms with E-state index in [1.807, 2.05) is 30.3 Å². The lowest BCUT2D eigenvalue weighted by Gasteiger charge is -2.35. The molecule has 35 heavy (non-hydrogen) atoms. The maximum absolute atomic E-state index is 13.9. The number of carbonyl (C=O) groups excluding carboxylic acids is 2. The maximum Gasteiger partial charge on any atom is 0.248 e. The van der Waals surface area contributed by atoms with Crippen molar-refractivity contribution in [3.63, 3.8) is 0 Å². The molecule has 2 aromatic rings. The smallest absolute Gasteiger partial charge is 0.248 e. The number of nitrogens with zero attached hydrogens (tertiary/aromatic N) is 2. The van der Waals surface area contributed by atoms with E-state index in [2.05, 4.69) is 36.4 Å². The third-order valence-corrected chi connectivity index (χ3v) is 7.11. The van der Waals surface area contributed by atoms with E-state index in [1.54, 1.807) is 23.4 Å². The van der Waals surface area contributed by atoms with E-state index in [0.29, 0.717) is 24.2 Å². The predicted molar refractivity (Wildman–Crippen MR) is 137 cm³/mol. The molecule has 2 aliphatic rings. The molecule has 1 saturated heterocycles. The second-order valence-corrected chi connectivity index (χ2v) is 10.9. The van der Waals surface area contributed by atoms with Crippen LogP contribution in [0.2, 0.25) is 0 Å². The topological polar surface area (TPSA) is 94.6 Å². The number of aromatic nitrogens is 1. The van der Waals surface area contributed by atoms with Gasteiger partial charge in [-0.1, -0.05) is 58.2 Å². The Kier molecular flexibility index (Phi) is 7.87. The number of benzene rings is 1. The van der Waals surface area contributed by atoms with Crippen LogP contribution < -0.4 is 15.5 Å². The summed E-state index contributed by atoms with van der Waals surface area (Å²) in [6.45, 7) is 6.79. The Bertz CT molecular complexity index is 997. The lowest BCUT2D eigenvalue weighted by Crippen LogP contribution is -2.51. The third kappa shape index (κ3) is 6.08. The predicted octanol–water partition coefficient (Wildman–Crippen LogP) is 3.63. The molecule has 1 aromatic carbocycles. The minimum absolute atomic E-state index is 0.0361. The van der Waals surface area contributed by atoms with Crippen LogP contribution >= 0.6 is 0 Å². The van der Waals surface area contributed by atoms with Gasteiger partial charge in [-0.25, -0.2) is 0 Å². The number of amides is 2. The fraction of sp³-hybridized carbons (Fsp3) is 0.536. The quantitative estimate of drug-likeness (QED) is 0.590. The molecule has 0 radical (unpaired) electrons. The van der Waals surface area contributed by atoms with Gasteiger partial charge in [-0.2, -0.15) is 0 Å². The molecule has 1 saturated carbocycles. The highest BCUT2D eigenvalue weighted by atomic mass is 16.3. The van der Waals surface area contributed by atoms with Crippen LogP contribution in [0.3, 0.4) is 0 Å². The molecule has 0 spiro atoms. The number of hydrogen-bond donors (Lipinski definition) is 3. The van der Waals surface area contributed by atoms with Crippen LogP contribution in [0.4, 0.5) is 5.69 Å². The van der Waals surface area contributed by atoms with Gasteiger partial charge in [0.1, 0.15) is 6.04 Å². The van der Waals surface area contributed by atoms with Crippen molar-refractivity contribution in [3.8, 4) is 0 Å². The lowest BCUT2D eigenvalue weighted by molar-refractivity contribution is -0.128. The zero-order valence-electron chi connectivity index (χ0n) is 21.0. The lowest BCUT2D eigenvalue weighted by atomic mass is 9.87. The molecule has 3 N–H and O–H groups in total. The monoisotopic (exact) mass is 478 g/mol. The van der Waals surface area contributed by atoms with Gasteiger partial charge < -0.3 is 15.7 Å². The molecular weight excluding hydrogens is 440 g/mol. The van der Waals surface area contributed by atoms with Crippen LogP contribution in [-0.2, 0) is 15.0 Å². The molecule has 2 fully saturated rings. The highest BCUT2D eigenvalue weighted by Crippen LogP contribution is 2.32. The maximum atomic E-state index is 13.9. The number of carbonyl (C=O) groups is 2. The van der Waals surface area contributed by atoms with Crippen LogP contribution in [0.5, 0.6) is 0 Å². The summed E-state index contributed by atoms with van der Waals surface area (Å²) in [6, 6.07) is 10.2. The number of aliphatic hydroxyl groups is 1. The molecule has 2 amide bonds. The number of nitrogens with one attached hydrogen (secondary N) is 2. The molecule has 188 valence electrons. The van der Waals surface area contributed by atoms with E-state index >= 15 is 0 Å². The van der Waals surface area contributed by atoms with E-state index in [4.69, 9.17) is 0 Å². The summed E-state index contributed by atoms with van der Waals surface area (Å²) in [4.78, 5) is 33.6. The molecule has 4 rings (SSSR count). The molecule has 1 aromatic heterocycles. The molecular formula is C28H38N4O3. The zero-order chi connectivity index (χ0) is 25.0. The number of anilines is 1. The van der Waals surface area contributed by atoms with Gasteiger partial charge in [0, 0.05) is 36.2 Å². The number of hydrogen-bond acceptors (Lipinski definition) is 5. The minimum Gasteiger partial charge on any atom is -0.392 e. The number of aliphatic hydroxyl groups excluding tert-OH is 1. The highest BCUT2D eigenvalue weighted by molar-refractivity contribution is 6.04. The van der Waals surface area contributed by atoms with Crippen molar-refractivity contribution in [2.45, 2.75) is 88.9 Å². The van der Waals surface area contributed by atoms with E-state index in [0.717, 1.165) is 31.2 Å². The van der Waals surface area contributed by atoms with Crippen LogP contribution in [0.15, 0.2) is 48.8 Å². The Morgan fingerprint density at radius 1 is 1.11 bits per heavy atom.